The molecular weight excluding hydrogens is 212 g/mol. The lowest BCUT2D eigenvalue weighted by molar-refractivity contribution is 0.392. The highest BCUT2D eigenvalue weighted by atomic mass is 32.1. The lowest BCUT2D eigenvalue weighted by Gasteiger charge is -2.05. The Kier molecular flexibility index (Phi) is 2.73. The van der Waals surface area contributed by atoms with Gasteiger partial charge in [0.1, 0.15) is 17.0 Å². The van der Waals surface area contributed by atoms with Crippen LogP contribution in [0.25, 0.3) is 5.52 Å². The van der Waals surface area contributed by atoms with Crippen molar-refractivity contribution in [1.29, 1.82) is 0 Å². The lowest BCUT2D eigenvalue weighted by Crippen LogP contribution is -1.94. The Morgan fingerprint density at radius 3 is 2.73 bits per heavy atom. The number of pyridine rings is 1. The first-order valence-corrected chi connectivity index (χ1v) is 5.13. The van der Waals surface area contributed by atoms with E-state index < -0.39 is 0 Å². The van der Waals surface area contributed by atoms with Gasteiger partial charge in [0, 0.05) is 11.8 Å². The Morgan fingerprint density at radius 1 is 1.33 bits per heavy atom. The molecule has 0 aliphatic heterocycles. The van der Waals surface area contributed by atoms with Gasteiger partial charge in [-0.2, -0.15) is 17.7 Å². The minimum absolute atomic E-state index is 0.604. The first-order chi connectivity index (χ1) is 7.28. The van der Waals surface area contributed by atoms with Crippen LogP contribution in [-0.2, 0) is 5.75 Å². The fraction of sp³-hybridized carbons (Fsp3) is 0.300. The maximum absolute atomic E-state index is 5.26. The van der Waals surface area contributed by atoms with Crippen molar-refractivity contribution in [3.63, 3.8) is 0 Å². The topological polar surface area (TPSA) is 35.8 Å². The highest BCUT2D eigenvalue weighted by Crippen LogP contribution is 2.26. The minimum Gasteiger partial charge on any atom is -0.495 e. The van der Waals surface area contributed by atoms with E-state index in [1.807, 2.05) is 18.3 Å². The van der Waals surface area contributed by atoms with Crippen molar-refractivity contribution in [3.8, 4) is 11.5 Å². The fourth-order valence-electron chi connectivity index (χ4n) is 1.44. The van der Waals surface area contributed by atoms with Crippen molar-refractivity contribution in [2.75, 3.05) is 14.2 Å². The molecule has 15 heavy (non-hydrogen) atoms. The summed E-state index contributed by atoms with van der Waals surface area (Å²) in [7, 11) is 3.24. The molecule has 0 aromatic carbocycles. The van der Waals surface area contributed by atoms with Crippen LogP contribution < -0.4 is 9.47 Å². The SMILES string of the molecule is COc1cc(OC)c2cc(CS)nn2c1. The molecular formula is C10H12N2O2S. The van der Waals surface area contributed by atoms with Crippen LogP contribution in [0.3, 0.4) is 0 Å². The molecule has 0 aliphatic rings. The number of hydrogen-bond donors (Lipinski definition) is 1. The normalized spacial score (nSPS) is 10.6. The number of hydrogen-bond acceptors (Lipinski definition) is 4. The Bertz CT molecular complexity index is 481. The van der Waals surface area contributed by atoms with E-state index in [1.54, 1.807) is 18.7 Å². The molecule has 0 aliphatic carbocycles. The van der Waals surface area contributed by atoms with Crippen LogP contribution in [0.5, 0.6) is 11.5 Å². The van der Waals surface area contributed by atoms with E-state index in [-0.39, 0.29) is 0 Å². The third kappa shape index (κ3) is 1.74. The van der Waals surface area contributed by atoms with E-state index in [0.717, 1.165) is 17.0 Å². The van der Waals surface area contributed by atoms with Crippen LogP contribution in [0.1, 0.15) is 5.69 Å². The number of methoxy groups -OCH3 is 2. The van der Waals surface area contributed by atoms with Gasteiger partial charge in [0.25, 0.3) is 0 Å². The largest absolute Gasteiger partial charge is 0.495 e. The van der Waals surface area contributed by atoms with E-state index >= 15 is 0 Å². The summed E-state index contributed by atoms with van der Waals surface area (Å²) in [6.07, 6.45) is 1.81. The lowest BCUT2D eigenvalue weighted by atomic mass is 10.3. The molecule has 2 rings (SSSR count). The van der Waals surface area contributed by atoms with Crippen molar-refractivity contribution in [1.82, 2.24) is 9.61 Å². The molecule has 0 fully saturated rings. The second-order valence-electron chi connectivity index (χ2n) is 3.07. The molecule has 5 heteroatoms. The van der Waals surface area contributed by atoms with Crippen LogP contribution in [-0.4, -0.2) is 23.8 Å². The standard InChI is InChI=1S/C10H12N2O2S/c1-13-8-4-10(14-2)9-3-7(6-15)11-12(9)5-8/h3-5,15H,6H2,1-2H3. The highest BCUT2D eigenvalue weighted by Gasteiger charge is 2.08. The Morgan fingerprint density at radius 2 is 2.13 bits per heavy atom. The quantitative estimate of drug-likeness (QED) is 0.807. The number of ether oxygens (including phenoxy) is 2. The second-order valence-corrected chi connectivity index (χ2v) is 3.39. The molecule has 0 atom stereocenters. The molecule has 4 nitrogen and oxygen atoms in total. The summed E-state index contributed by atoms with van der Waals surface area (Å²) in [5.41, 5.74) is 1.83. The molecule has 2 aromatic rings. The predicted molar refractivity (Wildman–Crippen MR) is 61.0 cm³/mol. The summed E-state index contributed by atoms with van der Waals surface area (Å²) < 4.78 is 12.1. The van der Waals surface area contributed by atoms with Crippen molar-refractivity contribution < 1.29 is 9.47 Å². The van der Waals surface area contributed by atoms with Crippen molar-refractivity contribution >= 4 is 18.1 Å². The number of rotatable bonds is 3. The van der Waals surface area contributed by atoms with Gasteiger partial charge in [0.05, 0.1) is 26.1 Å². The molecule has 2 aromatic heterocycles. The van der Waals surface area contributed by atoms with Gasteiger partial charge in [-0.1, -0.05) is 0 Å². The van der Waals surface area contributed by atoms with Crippen LogP contribution in [0.15, 0.2) is 18.3 Å². The number of aromatic nitrogens is 2. The third-order valence-electron chi connectivity index (χ3n) is 2.18. The van der Waals surface area contributed by atoms with Gasteiger partial charge in [-0.05, 0) is 6.07 Å². The third-order valence-corrected chi connectivity index (χ3v) is 2.50. The number of nitrogens with zero attached hydrogens (tertiary/aromatic N) is 2. The highest BCUT2D eigenvalue weighted by molar-refractivity contribution is 7.79. The average molecular weight is 224 g/mol. The first kappa shape index (κ1) is 10.2. The van der Waals surface area contributed by atoms with E-state index in [4.69, 9.17) is 9.47 Å². The molecule has 0 saturated carbocycles. The van der Waals surface area contributed by atoms with Gasteiger partial charge in [0.15, 0.2) is 0 Å². The monoisotopic (exact) mass is 224 g/mol. The van der Waals surface area contributed by atoms with Gasteiger partial charge >= 0.3 is 0 Å². The van der Waals surface area contributed by atoms with Crippen LogP contribution in [0.2, 0.25) is 0 Å². The predicted octanol–water partition coefficient (Wildman–Crippen LogP) is 1.78. The van der Waals surface area contributed by atoms with Gasteiger partial charge in [-0.25, -0.2) is 4.52 Å². The molecule has 0 amide bonds. The summed E-state index contributed by atoms with van der Waals surface area (Å²) in [5.74, 6) is 2.07. The van der Waals surface area contributed by atoms with E-state index in [0.29, 0.717) is 11.5 Å². The molecule has 0 radical (unpaired) electrons. The number of thiol groups is 1. The summed E-state index contributed by atoms with van der Waals surface area (Å²) in [6, 6.07) is 3.78. The minimum atomic E-state index is 0.604. The molecule has 0 saturated heterocycles. The smallest absolute Gasteiger partial charge is 0.148 e. The van der Waals surface area contributed by atoms with Gasteiger partial charge < -0.3 is 9.47 Å². The van der Waals surface area contributed by atoms with Crippen molar-refractivity contribution in [3.05, 3.63) is 24.0 Å². The van der Waals surface area contributed by atoms with E-state index in [9.17, 15) is 0 Å². The van der Waals surface area contributed by atoms with Gasteiger partial charge in [-0.15, -0.1) is 0 Å². The zero-order chi connectivity index (χ0) is 10.8. The van der Waals surface area contributed by atoms with E-state index in [2.05, 4.69) is 17.7 Å². The van der Waals surface area contributed by atoms with Crippen LogP contribution in [0.4, 0.5) is 0 Å². The zero-order valence-corrected chi connectivity index (χ0v) is 9.49. The molecule has 0 bridgehead atoms. The molecule has 0 spiro atoms. The Balaban J connectivity index is 2.66. The Hall–Kier alpha value is -1.36. The van der Waals surface area contributed by atoms with E-state index in [1.165, 1.54) is 0 Å². The van der Waals surface area contributed by atoms with Crippen molar-refractivity contribution in [2.24, 2.45) is 0 Å². The van der Waals surface area contributed by atoms with Gasteiger partial charge in [0.2, 0.25) is 0 Å². The summed E-state index contributed by atoms with van der Waals surface area (Å²) >= 11 is 4.19. The maximum Gasteiger partial charge on any atom is 0.148 e. The summed E-state index contributed by atoms with van der Waals surface area (Å²) in [4.78, 5) is 0. The zero-order valence-electron chi connectivity index (χ0n) is 8.60. The fourth-order valence-corrected chi connectivity index (χ4v) is 1.60. The maximum atomic E-state index is 5.26. The molecule has 0 unspecified atom stereocenters. The molecule has 2 heterocycles. The average Bonchev–Trinajstić information content (AvgIpc) is 2.70. The molecule has 0 N–H and O–H groups in total. The summed E-state index contributed by atoms with van der Waals surface area (Å²) in [6.45, 7) is 0. The Labute approximate surface area is 93.2 Å². The van der Waals surface area contributed by atoms with Gasteiger partial charge in [-0.3, -0.25) is 0 Å². The first-order valence-electron chi connectivity index (χ1n) is 4.49. The second kappa shape index (κ2) is 4.02. The summed E-state index contributed by atoms with van der Waals surface area (Å²) in [5, 5.41) is 4.33. The van der Waals surface area contributed by atoms with Crippen LogP contribution >= 0.6 is 12.6 Å². The van der Waals surface area contributed by atoms with Crippen LogP contribution in [0, 0.1) is 0 Å². The van der Waals surface area contributed by atoms with Crippen molar-refractivity contribution in [2.45, 2.75) is 5.75 Å². The number of fused-ring (bicyclic) bond motifs is 1. The molecule has 80 valence electrons.